The molecule has 0 spiro atoms. The standard InChI is InChI=1S/C15H26N2S/c1-5-9-16-11-7-6-8-12-14(11)17-13(18-12)10-15(2,3)4/h11,16H,5-10H2,1-4H3. The number of thiazole rings is 1. The van der Waals surface area contributed by atoms with Crippen molar-refractivity contribution in [1.82, 2.24) is 10.3 Å². The fourth-order valence-corrected chi connectivity index (χ4v) is 3.99. The first-order valence-corrected chi connectivity index (χ1v) is 8.03. The predicted octanol–water partition coefficient (Wildman–Crippen LogP) is 4.11. The maximum Gasteiger partial charge on any atom is 0.0937 e. The number of nitrogens with one attached hydrogen (secondary N) is 1. The number of rotatable bonds is 4. The molecule has 0 saturated carbocycles. The molecule has 1 heterocycles. The van der Waals surface area contributed by atoms with Gasteiger partial charge in [0.05, 0.1) is 16.7 Å². The summed E-state index contributed by atoms with van der Waals surface area (Å²) < 4.78 is 0. The van der Waals surface area contributed by atoms with Gasteiger partial charge < -0.3 is 5.32 Å². The van der Waals surface area contributed by atoms with Gasteiger partial charge in [-0.05, 0) is 37.6 Å². The SMILES string of the molecule is CCCNC1CCCc2sc(CC(C)(C)C)nc21. The van der Waals surface area contributed by atoms with Crippen molar-refractivity contribution >= 4 is 11.3 Å². The molecular weight excluding hydrogens is 240 g/mol. The summed E-state index contributed by atoms with van der Waals surface area (Å²) in [5, 5.41) is 4.98. The molecule has 3 heteroatoms. The number of fused-ring (bicyclic) bond motifs is 1. The second-order valence-corrected chi connectivity index (χ2v) is 7.72. The van der Waals surface area contributed by atoms with Gasteiger partial charge in [0.15, 0.2) is 0 Å². The highest BCUT2D eigenvalue weighted by Crippen LogP contribution is 2.35. The summed E-state index contributed by atoms with van der Waals surface area (Å²) in [7, 11) is 0. The lowest BCUT2D eigenvalue weighted by Crippen LogP contribution is -2.25. The van der Waals surface area contributed by atoms with E-state index in [1.807, 2.05) is 11.3 Å². The molecule has 0 aliphatic heterocycles. The molecule has 2 rings (SSSR count). The third kappa shape index (κ3) is 3.55. The summed E-state index contributed by atoms with van der Waals surface area (Å²) in [5.41, 5.74) is 1.70. The minimum absolute atomic E-state index is 0.340. The fraction of sp³-hybridized carbons (Fsp3) is 0.800. The van der Waals surface area contributed by atoms with E-state index in [9.17, 15) is 0 Å². The predicted molar refractivity (Wildman–Crippen MR) is 79.2 cm³/mol. The molecule has 2 nitrogen and oxygen atoms in total. The zero-order valence-corrected chi connectivity index (χ0v) is 13.0. The van der Waals surface area contributed by atoms with Crippen molar-refractivity contribution < 1.29 is 0 Å². The lowest BCUT2D eigenvalue weighted by molar-refractivity contribution is 0.407. The van der Waals surface area contributed by atoms with Crippen LogP contribution in [0.3, 0.4) is 0 Å². The molecular formula is C15H26N2S. The summed E-state index contributed by atoms with van der Waals surface area (Å²) in [6, 6.07) is 0.513. The van der Waals surface area contributed by atoms with Crippen LogP contribution in [0.1, 0.15) is 68.6 Å². The summed E-state index contributed by atoms with van der Waals surface area (Å²) in [5.74, 6) is 0. The van der Waals surface area contributed by atoms with Gasteiger partial charge in [-0.2, -0.15) is 0 Å². The molecule has 0 saturated heterocycles. The van der Waals surface area contributed by atoms with Crippen molar-refractivity contribution in [3.05, 3.63) is 15.6 Å². The van der Waals surface area contributed by atoms with E-state index >= 15 is 0 Å². The first-order valence-electron chi connectivity index (χ1n) is 7.21. The molecule has 0 radical (unpaired) electrons. The van der Waals surface area contributed by atoms with Gasteiger partial charge in [-0.3, -0.25) is 0 Å². The van der Waals surface area contributed by atoms with Gasteiger partial charge in [-0.1, -0.05) is 27.7 Å². The Morgan fingerprint density at radius 2 is 2.17 bits per heavy atom. The fourth-order valence-electron chi connectivity index (χ4n) is 2.52. The molecule has 0 bridgehead atoms. The molecule has 1 aromatic rings. The van der Waals surface area contributed by atoms with Gasteiger partial charge in [0, 0.05) is 11.3 Å². The van der Waals surface area contributed by atoms with Crippen molar-refractivity contribution in [2.75, 3.05) is 6.54 Å². The Hall–Kier alpha value is -0.410. The largest absolute Gasteiger partial charge is 0.309 e. The Labute approximate surface area is 115 Å². The van der Waals surface area contributed by atoms with Crippen LogP contribution in [0.15, 0.2) is 0 Å². The zero-order valence-electron chi connectivity index (χ0n) is 12.2. The minimum atomic E-state index is 0.340. The van der Waals surface area contributed by atoms with Crippen molar-refractivity contribution in [3.63, 3.8) is 0 Å². The van der Waals surface area contributed by atoms with E-state index in [1.165, 1.54) is 41.3 Å². The smallest absolute Gasteiger partial charge is 0.0937 e. The van der Waals surface area contributed by atoms with Crippen LogP contribution in [-0.4, -0.2) is 11.5 Å². The van der Waals surface area contributed by atoms with Gasteiger partial charge in [0.2, 0.25) is 0 Å². The molecule has 1 N–H and O–H groups in total. The lowest BCUT2D eigenvalue weighted by atomic mass is 9.93. The number of aromatic nitrogens is 1. The van der Waals surface area contributed by atoms with E-state index < -0.39 is 0 Å². The van der Waals surface area contributed by atoms with Gasteiger partial charge in [-0.25, -0.2) is 4.98 Å². The molecule has 102 valence electrons. The molecule has 1 atom stereocenters. The average Bonchev–Trinajstić information content (AvgIpc) is 2.66. The third-order valence-electron chi connectivity index (χ3n) is 3.32. The van der Waals surface area contributed by atoms with E-state index in [0.29, 0.717) is 11.5 Å². The molecule has 1 aromatic heterocycles. The molecule has 1 aliphatic rings. The van der Waals surface area contributed by atoms with E-state index in [-0.39, 0.29) is 0 Å². The second-order valence-electron chi connectivity index (χ2n) is 6.55. The first kappa shape index (κ1) is 14.0. The van der Waals surface area contributed by atoms with Gasteiger partial charge in [0.25, 0.3) is 0 Å². The van der Waals surface area contributed by atoms with Crippen molar-refractivity contribution in [1.29, 1.82) is 0 Å². The summed E-state index contributed by atoms with van der Waals surface area (Å²) >= 11 is 1.95. The highest BCUT2D eigenvalue weighted by atomic mass is 32.1. The Morgan fingerprint density at radius 1 is 1.39 bits per heavy atom. The van der Waals surface area contributed by atoms with Crippen LogP contribution in [0.25, 0.3) is 0 Å². The summed E-state index contributed by atoms with van der Waals surface area (Å²) in [4.78, 5) is 6.46. The normalized spacial score (nSPS) is 19.9. The van der Waals surface area contributed by atoms with Crippen LogP contribution in [0.5, 0.6) is 0 Å². The third-order valence-corrected chi connectivity index (χ3v) is 4.45. The number of hydrogen-bond acceptors (Lipinski definition) is 3. The monoisotopic (exact) mass is 266 g/mol. The topological polar surface area (TPSA) is 24.9 Å². The zero-order chi connectivity index (χ0) is 13.2. The maximum absolute atomic E-state index is 4.93. The molecule has 0 fully saturated rings. The van der Waals surface area contributed by atoms with Gasteiger partial charge in [-0.15, -0.1) is 11.3 Å². The van der Waals surface area contributed by atoms with Crippen LogP contribution in [0, 0.1) is 5.41 Å². The van der Waals surface area contributed by atoms with E-state index in [1.54, 1.807) is 0 Å². The molecule has 18 heavy (non-hydrogen) atoms. The van der Waals surface area contributed by atoms with Crippen LogP contribution in [0.4, 0.5) is 0 Å². The second kappa shape index (κ2) is 5.70. The minimum Gasteiger partial charge on any atom is -0.309 e. The quantitative estimate of drug-likeness (QED) is 0.887. The number of aryl methyl sites for hydroxylation is 1. The lowest BCUT2D eigenvalue weighted by Gasteiger charge is -2.22. The Kier molecular flexibility index (Phi) is 4.44. The highest BCUT2D eigenvalue weighted by Gasteiger charge is 2.25. The Balaban J connectivity index is 2.13. The van der Waals surface area contributed by atoms with E-state index in [0.717, 1.165) is 13.0 Å². The summed E-state index contributed by atoms with van der Waals surface area (Å²) in [6.07, 6.45) is 6.11. The van der Waals surface area contributed by atoms with Crippen LogP contribution in [0.2, 0.25) is 0 Å². The van der Waals surface area contributed by atoms with Crippen LogP contribution >= 0.6 is 11.3 Å². The Morgan fingerprint density at radius 3 is 2.83 bits per heavy atom. The maximum atomic E-state index is 4.93. The molecule has 0 aromatic carbocycles. The van der Waals surface area contributed by atoms with Gasteiger partial charge in [0.1, 0.15) is 0 Å². The van der Waals surface area contributed by atoms with Crippen LogP contribution in [-0.2, 0) is 12.8 Å². The van der Waals surface area contributed by atoms with Crippen LogP contribution < -0.4 is 5.32 Å². The summed E-state index contributed by atoms with van der Waals surface area (Å²) in [6.45, 7) is 10.2. The number of hydrogen-bond donors (Lipinski definition) is 1. The van der Waals surface area contributed by atoms with Crippen molar-refractivity contribution in [2.45, 2.75) is 65.8 Å². The van der Waals surface area contributed by atoms with E-state index in [4.69, 9.17) is 4.98 Å². The average molecular weight is 266 g/mol. The molecule has 1 aliphatic carbocycles. The Bertz CT molecular complexity index is 390. The first-order chi connectivity index (χ1) is 8.49. The molecule has 1 unspecified atom stereocenters. The van der Waals surface area contributed by atoms with E-state index in [2.05, 4.69) is 33.0 Å². The number of nitrogens with zero attached hydrogens (tertiary/aromatic N) is 1. The molecule has 0 amide bonds. The highest BCUT2D eigenvalue weighted by molar-refractivity contribution is 7.11. The van der Waals surface area contributed by atoms with Gasteiger partial charge >= 0.3 is 0 Å². The van der Waals surface area contributed by atoms with Crippen molar-refractivity contribution in [2.24, 2.45) is 5.41 Å². The van der Waals surface area contributed by atoms with Crippen molar-refractivity contribution in [3.8, 4) is 0 Å².